The topological polar surface area (TPSA) is 180 Å². The highest BCUT2D eigenvalue weighted by Crippen LogP contribution is 2.40. The Morgan fingerprint density at radius 3 is 1.44 bits per heavy atom. The van der Waals surface area contributed by atoms with Gasteiger partial charge in [0.1, 0.15) is 34.7 Å². The molecule has 5 N–H and O–H groups in total. The van der Waals surface area contributed by atoms with E-state index in [1.807, 2.05) is 11.0 Å². The number of piperazine rings is 2. The Labute approximate surface area is 393 Å². The van der Waals surface area contributed by atoms with Crippen LogP contribution in [0.2, 0.25) is 0 Å². The molecule has 0 unspecified atom stereocenters. The minimum Gasteiger partial charge on any atom is -0.486 e. The van der Waals surface area contributed by atoms with Crippen LogP contribution in [0, 0.1) is 57.8 Å². The van der Waals surface area contributed by atoms with Crippen molar-refractivity contribution in [1.29, 1.82) is 10.8 Å². The lowest BCUT2D eigenvalue weighted by atomic mass is 10.2. The van der Waals surface area contributed by atoms with Crippen LogP contribution in [0.15, 0.2) is 89.6 Å². The second-order valence-corrected chi connectivity index (χ2v) is 18.2. The van der Waals surface area contributed by atoms with Crippen molar-refractivity contribution < 1.29 is 53.8 Å². The summed E-state index contributed by atoms with van der Waals surface area (Å²) < 4.78 is 118. The molecule has 0 spiro atoms. The smallest absolute Gasteiger partial charge is 0.293 e. The van der Waals surface area contributed by atoms with Crippen molar-refractivity contribution >= 4 is 45.6 Å². The van der Waals surface area contributed by atoms with E-state index in [2.05, 4.69) is 16.0 Å². The summed E-state index contributed by atoms with van der Waals surface area (Å²) in [7, 11) is -3.58. The van der Waals surface area contributed by atoms with Crippen molar-refractivity contribution in [2.45, 2.75) is 33.4 Å². The number of ether oxygens (including phenoxy) is 2. The number of allylic oxidation sites excluding steroid dienone is 2. The van der Waals surface area contributed by atoms with E-state index in [1.54, 1.807) is 29.2 Å². The van der Waals surface area contributed by atoms with Gasteiger partial charge in [-0.3, -0.25) is 18.4 Å². The number of nitrogens with zero attached hydrogens (tertiary/aromatic N) is 3. The lowest BCUT2D eigenvalue weighted by Gasteiger charge is -2.36. The van der Waals surface area contributed by atoms with E-state index >= 15 is 0 Å². The van der Waals surface area contributed by atoms with Crippen LogP contribution in [0.1, 0.15) is 33.3 Å². The molecule has 68 heavy (non-hydrogen) atoms. The van der Waals surface area contributed by atoms with Crippen LogP contribution in [0.25, 0.3) is 0 Å². The number of anilines is 2. The molecular weight excluding hydrogens is 919 g/mol. The first-order valence-corrected chi connectivity index (χ1v) is 23.0. The monoisotopic (exact) mass is 978 g/mol. The van der Waals surface area contributed by atoms with Crippen molar-refractivity contribution in [1.82, 2.24) is 19.4 Å². The van der Waals surface area contributed by atoms with Crippen molar-refractivity contribution in [3.8, 4) is 0 Å². The Morgan fingerprint density at radius 1 is 0.647 bits per heavy atom. The first-order valence-electron chi connectivity index (χ1n) is 21.4. The fourth-order valence-corrected chi connectivity index (χ4v) is 9.03. The van der Waals surface area contributed by atoms with Crippen molar-refractivity contribution in [3.05, 3.63) is 118 Å². The zero-order chi connectivity index (χ0) is 47.4. The van der Waals surface area contributed by atoms with E-state index in [0.717, 1.165) is 36.7 Å². The standard InChI is InChI=1S/C26H29F3N4O4S.C19H23F3N4O2.2CH4/c27-14-19-10-20(19)16-37-25(26(34)31-23-12-21(28)11-22(29)13-23)24(15-30)32-6-8-33(9-7-32)38(35,36)17-18-4-2-1-3-5-18;20-9-12-5-13(12)11-28-18(17(10-23)26-3-1-24-2-4-26)19(27)25-16-7-14(21)6-15(22)8-16;;/h1-5,11-13,15,19-20,30H,6-10,14,16-17H2,(H,31,34);6-8,10,12-13,23-24H,1-5,9,11H2,(H,25,27);2*1H4/b25-24-,30-15?;18-17-,23-10?;;/t19-,20-;12-,13-;;/m11../s1. The van der Waals surface area contributed by atoms with Gasteiger partial charge in [0, 0.05) is 88.3 Å². The predicted molar refractivity (Wildman–Crippen MR) is 249 cm³/mol. The number of halogens is 6. The molecule has 7 rings (SSSR count). The van der Waals surface area contributed by atoms with Gasteiger partial charge in [-0.1, -0.05) is 45.2 Å². The van der Waals surface area contributed by atoms with E-state index in [1.165, 1.54) is 4.31 Å². The van der Waals surface area contributed by atoms with Crippen LogP contribution >= 0.6 is 0 Å². The second-order valence-electron chi connectivity index (χ2n) is 16.2. The van der Waals surface area contributed by atoms with Crippen LogP contribution in [-0.2, 0) is 34.8 Å². The van der Waals surface area contributed by atoms with Crippen molar-refractivity contribution in [3.63, 3.8) is 0 Å². The SMILES string of the molecule is C.C.N=C/C(=C(/OC[C@H]1C[C@@H]1CF)C(=O)Nc1cc(F)cc(F)c1)N1CCN(S(=O)(=O)Cc2ccccc2)CC1.N=C/C(=C(/OC[C@H]1C[C@@H]1CF)C(=O)Nc1cc(F)cc(F)c1)N1CCNCC1. The Kier molecular flexibility index (Phi) is 20.5. The largest absolute Gasteiger partial charge is 0.486 e. The van der Waals surface area contributed by atoms with Gasteiger partial charge in [-0.25, -0.2) is 26.0 Å². The molecule has 2 heterocycles. The van der Waals surface area contributed by atoms with Gasteiger partial charge in [0.15, 0.2) is 0 Å². The molecule has 0 aromatic heterocycles. The molecule has 3 aromatic carbocycles. The van der Waals surface area contributed by atoms with E-state index in [-0.39, 0.29) is 118 Å². The maximum absolute atomic E-state index is 13.6. The van der Waals surface area contributed by atoms with Gasteiger partial charge in [-0.2, -0.15) is 4.31 Å². The molecule has 2 aliphatic carbocycles. The molecule has 2 saturated heterocycles. The third-order valence-corrected chi connectivity index (χ3v) is 13.3. The first-order chi connectivity index (χ1) is 31.7. The summed E-state index contributed by atoms with van der Waals surface area (Å²) in [6, 6.07) is 14.1. The van der Waals surface area contributed by atoms with E-state index < -0.39 is 58.5 Å². The zero-order valence-electron chi connectivity index (χ0n) is 35.9. The highest BCUT2D eigenvalue weighted by molar-refractivity contribution is 7.88. The third kappa shape index (κ3) is 15.3. The maximum atomic E-state index is 13.6. The van der Waals surface area contributed by atoms with Crippen LogP contribution in [0.5, 0.6) is 0 Å². The summed E-state index contributed by atoms with van der Waals surface area (Å²) >= 11 is 0. The molecule has 0 bridgehead atoms. The van der Waals surface area contributed by atoms with Gasteiger partial charge in [-0.05, 0) is 66.3 Å². The molecule has 372 valence electrons. The number of alkyl halides is 2. The predicted octanol–water partition coefficient (Wildman–Crippen LogP) is 7.10. The molecule has 4 atom stereocenters. The molecule has 4 fully saturated rings. The third-order valence-electron chi connectivity index (χ3n) is 11.4. The molecule has 2 aliphatic heterocycles. The molecule has 14 nitrogen and oxygen atoms in total. The minimum absolute atomic E-state index is 0. The van der Waals surface area contributed by atoms with Gasteiger partial charge in [-0.15, -0.1) is 0 Å². The number of hydrogen-bond donors (Lipinski definition) is 5. The summed E-state index contributed by atoms with van der Waals surface area (Å²) in [4.78, 5) is 29.4. The second kappa shape index (κ2) is 25.4. The van der Waals surface area contributed by atoms with Gasteiger partial charge in [0.25, 0.3) is 11.8 Å². The van der Waals surface area contributed by atoms with E-state index in [4.69, 9.17) is 20.3 Å². The van der Waals surface area contributed by atoms with Crippen LogP contribution < -0.4 is 16.0 Å². The lowest BCUT2D eigenvalue weighted by Crippen LogP contribution is -2.49. The molecular formula is C47H60F6N8O6S. The van der Waals surface area contributed by atoms with Crippen LogP contribution in [0.4, 0.5) is 37.7 Å². The molecule has 3 aromatic rings. The minimum atomic E-state index is -3.58. The average molecular weight is 979 g/mol. The summed E-state index contributed by atoms with van der Waals surface area (Å²) in [5.74, 6) is -5.71. The maximum Gasteiger partial charge on any atom is 0.293 e. The van der Waals surface area contributed by atoms with Crippen molar-refractivity contribution in [2.75, 3.05) is 89.6 Å². The Balaban J connectivity index is 0.000000301. The number of rotatable bonds is 19. The number of benzene rings is 3. The Hall–Kier alpha value is -5.93. The Morgan fingerprint density at radius 2 is 1.06 bits per heavy atom. The molecule has 0 radical (unpaired) electrons. The van der Waals surface area contributed by atoms with Crippen LogP contribution in [0.3, 0.4) is 0 Å². The number of carbonyl (C=O) groups is 2. The number of hydrogen-bond acceptors (Lipinski definition) is 11. The van der Waals surface area contributed by atoms with E-state index in [0.29, 0.717) is 56.7 Å². The van der Waals surface area contributed by atoms with Gasteiger partial charge in [0.2, 0.25) is 21.5 Å². The van der Waals surface area contributed by atoms with Gasteiger partial charge >= 0.3 is 0 Å². The number of nitrogens with one attached hydrogen (secondary N) is 5. The van der Waals surface area contributed by atoms with E-state index in [9.17, 15) is 44.3 Å². The number of carbonyl (C=O) groups excluding carboxylic acids is 2. The molecule has 21 heteroatoms. The first kappa shape index (κ1) is 54.7. The highest BCUT2D eigenvalue weighted by atomic mass is 32.2. The highest BCUT2D eigenvalue weighted by Gasteiger charge is 2.40. The number of amides is 2. The van der Waals surface area contributed by atoms with Gasteiger partial charge in [0.05, 0.1) is 32.3 Å². The quantitative estimate of drug-likeness (QED) is 0.0363. The summed E-state index contributed by atoms with van der Waals surface area (Å²) in [5.41, 5.74) is 0.858. The molecule has 4 aliphatic rings. The molecule has 2 amide bonds. The average Bonchev–Trinajstić information content (AvgIpc) is 4.23. The fourth-order valence-electron chi connectivity index (χ4n) is 7.52. The summed E-state index contributed by atoms with van der Waals surface area (Å²) in [6.45, 7) is 2.42. The fraction of sp³-hybridized carbons (Fsp3) is 0.447. The van der Waals surface area contributed by atoms with Crippen LogP contribution in [-0.4, -0.2) is 126 Å². The molecule has 2 saturated carbocycles. The van der Waals surface area contributed by atoms with Gasteiger partial charge < -0.3 is 46.0 Å². The Bertz CT molecular complexity index is 2340. The lowest BCUT2D eigenvalue weighted by molar-refractivity contribution is -0.117. The summed E-state index contributed by atoms with van der Waals surface area (Å²) in [6.07, 6.45) is 3.26. The normalized spacial score (nSPS) is 20.6. The summed E-state index contributed by atoms with van der Waals surface area (Å²) in [5, 5.41) is 23.7. The van der Waals surface area contributed by atoms with Crippen molar-refractivity contribution in [2.24, 2.45) is 23.7 Å². The number of sulfonamides is 1. The zero-order valence-corrected chi connectivity index (χ0v) is 36.7.